The van der Waals surface area contributed by atoms with Gasteiger partial charge in [0.05, 0.1) is 17.2 Å². The molecule has 15 heavy (non-hydrogen) atoms. The van der Waals surface area contributed by atoms with Crippen molar-refractivity contribution in [3.63, 3.8) is 0 Å². The van der Waals surface area contributed by atoms with Gasteiger partial charge in [-0.3, -0.25) is 0 Å². The van der Waals surface area contributed by atoms with E-state index in [-0.39, 0.29) is 4.90 Å². The fourth-order valence-electron chi connectivity index (χ4n) is 1.03. The summed E-state index contributed by atoms with van der Waals surface area (Å²) in [6.07, 6.45) is 0.818. The molecule has 0 fully saturated rings. The van der Waals surface area contributed by atoms with Crippen LogP contribution in [0.25, 0.3) is 0 Å². The molecular weight excluding hydrogens is 216 g/mol. The van der Waals surface area contributed by atoms with Crippen LogP contribution in [0.5, 0.6) is 5.75 Å². The van der Waals surface area contributed by atoms with Crippen molar-refractivity contribution in [1.82, 2.24) is 0 Å². The van der Waals surface area contributed by atoms with Gasteiger partial charge in [-0.2, -0.15) is 0 Å². The molecule has 0 aliphatic carbocycles. The van der Waals surface area contributed by atoms with Crippen molar-refractivity contribution in [2.45, 2.75) is 18.2 Å². The van der Waals surface area contributed by atoms with E-state index in [4.69, 9.17) is 15.6 Å². The molecule has 0 heterocycles. The lowest BCUT2D eigenvalue weighted by molar-refractivity contribution is 0.318. The molecule has 1 aromatic carbocycles. The second kappa shape index (κ2) is 4.50. The summed E-state index contributed by atoms with van der Waals surface area (Å²) in [5.41, 5.74) is 6.01. The van der Waals surface area contributed by atoms with Gasteiger partial charge in [-0.25, -0.2) is 13.6 Å². The van der Waals surface area contributed by atoms with Crippen LogP contribution < -0.4 is 15.6 Å². The summed E-state index contributed by atoms with van der Waals surface area (Å²) in [5, 5.41) is 4.98. The minimum atomic E-state index is -3.70. The Morgan fingerprint density at radius 2 is 2.07 bits per heavy atom. The second-order valence-electron chi connectivity index (χ2n) is 3.09. The van der Waals surface area contributed by atoms with Crippen LogP contribution in [-0.2, 0) is 10.0 Å². The molecule has 0 radical (unpaired) electrons. The third-order valence-electron chi connectivity index (χ3n) is 1.78. The highest BCUT2D eigenvalue weighted by atomic mass is 32.2. The van der Waals surface area contributed by atoms with Crippen LogP contribution in [0.3, 0.4) is 0 Å². The van der Waals surface area contributed by atoms with Gasteiger partial charge in [-0.05, 0) is 18.6 Å². The first-order valence-corrected chi connectivity index (χ1v) is 6.05. The summed E-state index contributed by atoms with van der Waals surface area (Å²) >= 11 is 0. The number of rotatable bonds is 4. The van der Waals surface area contributed by atoms with Gasteiger partial charge in [-0.1, -0.05) is 6.92 Å². The Hall–Kier alpha value is -1.27. The van der Waals surface area contributed by atoms with Gasteiger partial charge >= 0.3 is 0 Å². The lowest BCUT2D eigenvalue weighted by Gasteiger charge is -2.08. The Morgan fingerprint density at radius 1 is 1.40 bits per heavy atom. The van der Waals surface area contributed by atoms with Crippen molar-refractivity contribution in [2.75, 3.05) is 12.3 Å². The Kier molecular flexibility index (Phi) is 3.54. The van der Waals surface area contributed by atoms with Crippen LogP contribution in [0.1, 0.15) is 13.3 Å². The lowest BCUT2D eigenvalue weighted by Crippen LogP contribution is -2.12. The Labute approximate surface area is 89.1 Å². The normalized spacial score (nSPS) is 11.3. The molecule has 0 aromatic heterocycles. The maximum atomic E-state index is 11.1. The van der Waals surface area contributed by atoms with E-state index in [1.54, 1.807) is 0 Å². The summed E-state index contributed by atoms with van der Waals surface area (Å²) in [6.45, 7) is 2.43. The second-order valence-corrected chi connectivity index (χ2v) is 4.65. The molecule has 0 amide bonds. The summed E-state index contributed by atoms with van der Waals surface area (Å²) < 4.78 is 27.4. The van der Waals surface area contributed by atoms with Crippen LogP contribution in [0.15, 0.2) is 23.1 Å². The highest BCUT2D eigenvalue weighted by Gasteiger charge is 2.10. The largest absolute Gasteiger partial charge is 0.491 e. The average molecular weight is 230 g/mol. The van der Waals surface area contributed by atoms with Gasteiger partial charge in [0.15, 0.2) is 0 Å². The molecule has 1 aromatic rings. The standard InChI is InChI=1S/C9H14N2O3S/c1-2-5-14-9-6-7(15(11,12)13)3-4-8(9)10/h3-4,6H,2,5,10H2,1H3,(H2,11,12,13). The van der Waals surface area contributed by atoms with Crippen molar-refractivity contribution >= 4 is 15.7 Å². The van der Waals surface area contributed by atoms with Crippen molar-refractivity contribution in [2.24, 2.45) is 5.14 Å². The summed E-state index contributed by atoms with van der Waals surface area (Å²) in [6, 6.07) is 4.15. The van der Waals surface area contributed by atoms with Crippen LogP contribution in [-0.4, -0.2) is 15.0 Å². The lowest BCUT2D eigenvalue weighted by atomic mass is 10.3. The average Bonchev–Trinajstić information content (AvgIpc) is 2.15. The summed E-state index contributed by atoms with van der Waals surface area (Å²) in [7, 11) is -3.70. The van der Waals surface area contributed by atoms with Gasteiger partial charge in [-0.15, -0.1) is 0 Å². The Morgan fingerprint density at radius 3 is 2.60 bits per heavy atom. The maximum absolute atomic E-state index is 11.1. The fourth-order valence-corrected chi connectivity index (χ4v) is 1.56. The first kappa shape index (κ1) is 11.8. The quantitative estimate of drug-likeness (QED) is 0.744. The van der Waals surface area contributed by atoms with E-state index in [1.807, 2.05) is 6.92 Å². The summed E-state index contributed by atoms with van der Waals surface area (Å²) in [5.74, 6) is 0.350. The molecule has 1 rings (SSSR count). The minimum Gasteiger partial charge on any atom is -0.491 e. The summed E-state index contributed by atoms with van der Waals surface area (Å²) in [4.78, 5) is 0.00260. The first-order valence-electron chi connectivity index (χ1n) is 4.50. The Bertz CT molecular complexity index is 443. The fraction of sp³-hybridized carbons (Fsp3) is 0.333. The predicted octanol–water partition coefficient (Wildman–Crippen LogP) is 0.705. The van der Waals surface area contributed by atoms with Crippen molar-refractivity contribution in [3.05, 3.63) is 18.2 Å². The molecule has 84 valence electrons. The molecule has 0 aliphatic rings. The molecule has 0 saturated heterocycles. The number of nitrogens with two attached hydrogens (primary N) is 2. The number of nitrogen functional groups attached to an aromatic ring is 1. The number of anilines is 1. The molecular formula is C9H14N2O3S. The highest BCUT2D eigenvalue weighted by molar-refractivity contribution is 7.89. The molecule has 4 N–H and O–H groups in total. The minimum absolute atomic E-state index is 0.00260. The van der Waals surface area contributed by atoms with Crippen LogP contribution in [0, 0.1) is 0 Å². The Balaban J connectivity index is 3.06. The van der Waals surface area contributed by atoms with Crippen molar-refractivity contribution in [3.8, 4) is 5.75 Å². The zero-order valence-electron chi connectivity index (χ0n) is 8.43. The predicted molar refractivity (Wildman–Crippen MR) is 58.0 cm³/mol. The third-order valence-corrected chi connectivity index (χ3v) is 2.69. The van der Waals surface area contributed by atoms with E-state index in [2.05, 4.69) is 0 Å². The van der Waals surface area contributed by atoms with E-state index in [1.165, 1.54) is 18.2 Å². The highest BCUT2D eigenvalue weighted by Crippen LogP contribution is 2.24. The number of ether oxygens (including phenoxy) is 1. The zero-order valence-corrected chi connectivity index (χ0v) is 9.25. The molecule has 0 spiro atoms. The molecule has 0 aliphatic heterocycles. The molecule has 0 bridgehead atoms. The third kappa shape index (κ3) is 3.10. The molecule has 0 unspecified atom stereocenters. The van der Waals surface area contributed by atoms with Crippen molar-refractivity contribution in [1.29, 1.82) is 0 Å². The monoisotopic (exact) mass is 230 g/mol. The van der Waals surface area contributed by atoms with E-state index in [0.717, 1.165) is 6.42 Å². The number of sulfonamides is 1. The van der Waals surface area contributed by atoms with E-state index >= 15 is 0 Å². The van der Waals surface area contributed by atoms with E-state index in [0.29, 0.717) is 18.0 Å². The van der Waals surface area contributed by atoms with Gasteiger partial charge in [0, 0.05) is 6.07 Å². The molecule has 0 saturated carbocycles. The van der Waals surface area contributed by atoms with Gasteiger partial charge < -0.3 is 10.5 Å². The number of primary sulfonamides is 1. The zero-order chi connectivity index (χ0) is 11.5. The van der Waals surface area contributed by atoms with Crippen molar-refractivity contribution < 1.29 is 13.2 Å². The van der Waals surface area contributed by atoms with Crippen LogP contribution in [0.2, 0.25) is 0 Å². The van der Waals surface area contributed by atoms with Gasteiger partial charge in [0.2, 0.25) is 10.0 Å². The van der Waals surface area contributed by atoms with Gasteiger partial charge in [0.1, 0.15) is 5.75 Å². The van der Waals surface area contributed by atoms with Crippen LogP contribution >= 0.6 is 0 Å². The number of benzene rings is 1. The topological polar surface area (TPSA) is 95.4 Å². The molecule has 6 heteroatoms. The van der Waals surface area contributed by atoms with E-state index in [9.17, 15) is 8.42 Å². The first-order chi connectivity index (χ1) is 6.95. The number of hydrogen-bond donors (Lipinski definition) is 2. The number of hydrogen-bond acceptors (Lipinski definition) is 4. The van der Waals surface area contributed by atoms with Gasteiger partial charge in [0.25, 0.3) is 0 Å². The SMILES string of the molecule is CCCOc1cc(S(N)(=O)=O)ccc1N. The van der Waals surface area contributed by atoms with E-state index < -0.39 is 10.0 Å². The molecule has 0 atom stereocenters. The van der Waals surface area contributed by atoms with Crippen LogP contribution in [0.4, 0.5) is 5.69 Å². The molecule has 5 nitrogen and oxygen atoms in total. The smallest absolute Gasteiger partial charge is 0.238 e. The maximum Gasteiger partial charge on any atom is 0.238 e.